The molecule has 1 heterocycles. The molecule has 5 heteroatoms. The minimum atomic E-state index is -0.883. The van der Waals surface area contributed by atoms with Crippen molar-refractivity contribution in [3.8, 4) is 6.07 Å². The zero-order chi connectivity index (χ0) is 14.6. The van der Waals surface area contributed by atoms with Crippen molar-refractivity contribution in [1.82, 2.24) is 10.3 Å². The first-order valence-corrected chi connectivity index (χ1v) is 7.22. The molecule has 1 N–H and O–H groups in total. The summed E-state index contributed by atoms with van der Waals surface area (Å²) in [5.41, 5.74) is -0.883. The third-order valence-electron chi connectivity index (χ3n) is 3.96. The number of aryl methyl sites for hydroxylation is 1. The highest BCUT2D eigenvalue weighted by Gasteiger charge is 2.39. The van der Waals surface area contributed by atoms with E-state index in [0.717, 1.165) is 25.7 Å². The van der Waals surface area contributed by atoms with Crippen molar-refractivity contribution in [1.29, 1.82) is 5.26 Å². The zero-order valence-electron chi connectivity index (χ0n) is 12.1. The molecule has 1 aromatic heterocycles. The van der Waals surface area contributed by atoms with Crippen molar-refractivity contribution in [3.63, 3.8) is 0 Å². The summed E-state index contributed by atoms with van der Waals surface area (Å²) in [4.78, 5) is 16.6. The van der Waals surface area contributed by atoms with Gasteiger partial charge in [0, 0.05) is 0 Å². The van der Waals surface area contributed by atoms with E-state index in [1.807, 2.05) is 13.8 Å². The normalized spacial score (nSPS) is 19.6. The largest absolute Gasteiger partial charge is 0.444 e. The SMILES string of the molecule is Cc1cnc(C(C)NC(=O)C2(C#N)CCCCCC2)o1. The third kappa shape index (κ3) is 3.01. The summed E-state index contributed by atoms with van der Waals surface area (Å²) in [7, 11) is 0. The Bertz CT molecular complexity index is 507. The van der Waals surface area contributed by atoms with Crippen molar-refractivity contribution in [2.24, 2.45) is 5.41 Å². The van der Waals surface area contributed by atoms with E-state index in [1.165, 1.54) is 0 Å². The molecule has 5 nitrogen and oxygen atoms in total. The lowest BCUT2D eigenvalue weighted by molar-refractivity contribution is -0.129. The van der Waals surface area contributed by atoms with E-state index in [1.54, 1.807) is 6.20 Å². The summed E-state index contributed by atoms with van der Waals surface area (Å²) in [6.45, 7) is 3.64. The van der Waals surface area contributed by atoms with Crippen LogP contribution in [0.5, 0.6) is 0 Å². The van der Waals surface area contributed by atoms with E-state index in [2.05, 4.69) is 16.4 Å². The number of nitrogens with zero attached hydrogens (tertiary/aromatic N) is 2. The number of aromatic nitrogens is 1. The van der Waals surface area contributed by atoms with Crippen LogP contribution in [0.1, 0.15) is 63.1 Å². The predicted molar refractivity (Wildman–Crippen MR) is 73.5 cm³/mol. The Morgan fingerprint density at radius 1 is 1.45 bits per heavy atom. The number of nitrogens with one attached hydrogen (secondary N) is 1. The van der Waals surface area contributed by atoms with Crippen molar-refractivity contribution in [2.75, 3.05) is 0 Å². The average Bonchev–Trinajstić information content (AvgIpc) is 2.73. The van der Waals surface area contributed by atoms with Gasteiger partial charge in [-0.15, -0.1) is 0 Å². The van der Waals surface area contributed by atoms with Gasteiger partial charge in [-0.25, -0.2) is 4.98 Å². The summed E-state index contributed by atoms with van der Waals surface area (Å²) in [5, 5.41) is 12.4. The molecule has 1 aromatic rings. The fourth-order valence-electron chi connectivity index (χ4n) is 2.69. The van der Waals surface area contributed by atoms with Gasteiger partial charge in [-0.2, -0.15) is 5.26 Å². The standard InChI is InChI=1S/C15H21N3O2/c1-11-9-17-13(20-11)12(2)18-14(19)15(10-16)7-5-3-4-6-8-15/h9,12H,3-8H2,1-2H3,(H,18,19). The van der Waals surface area contributed by atoms with Gasteiger partial charge < -0.3 is 9.73 Å². The molecule has 0 radical (unpaired) electrons. The lowest BCUT2D eigenvalue weighted by Gasteiger charge is -2.25. The lowest BCUT2D eigenvalue weighted by atomic mass is 9.81. The van der Waals surface area contributed by atoms with Gasteiger partial charge in [0.25, 0.3) is 0 Å². The molecule has 0 saturated heterocycles. The summed E-state index contributed by atoms with van der Waals surface area (Å²) >= 11 is 0. The molecule has 0 bridgehead atoms. The van der Waals surface area contributed by atoms with Gasteiger partial charge in [0.2, 0.25) is 11.8 Å². The van der Waals surface area contributed by atoms with Crippen LogP contribution >= 0.6 is 0 Å². The summed E-state index contributed by atoms with van der Waals surface area (Å²) in [5.74, 6) is 1.01. The van der Waals surface area contributed by atoms with Gasteiger partial charge in [0.15, 0.2) is 0 Å². The van der Waals surface area contributed by atoms with Gasteiger partial charge in [-0.05, 0) is 26.7 Å². The maximum absolute atomic E-state index is 12.5. The van der Waals surface area contributed by atoms with Crippen LogP contribution in [-0.4, -0.2) is 10.9 Å². The Labute approximate surface area is 119 Å². The highest BCUT2D eigenvalue weighted by Crippen LogP contribution is 2.35. The third-order valence-corrected chi connectivity index (χ3v) is 3.96. The molecule has 1 amide bonds. The summed E-state index contributed by atoms with van der Waals surface area (Å²) < 4.78 is 5.42. The van der Waals surface area contributed by atoms with Crippen LogP contribution in [0.25, 0.3) is 0 Å². The minimum absolute atomic E-state index is 0.190. The second kappa shape index (κ2) is 6.08. The molecule has 1 aliphatic carbocycles. The lowest BCUT2D eigenvalue weighted by Crippen LogP contribution is -2.41. The second-order valence-corrected chi connectivity index (χ2v) is 5.61. The van der Waals surface area contributed by atoms with Crippen molar-refractivity contribution in [2.45, 2.75) is 58.4 Å². The van der Waals surface area contributed by atoms with E-state index in [4.69, 9.17) is 4.42 Å². The molecule has 2 rings (SSSR count). The van der Waals surface area contributed by atoms with Crippen LogP contribution in [0, 0.1) is 23.7 Å². The van der Waals surface area contributed by atoms with E-state index in [-0.39, 0.29) is 11.9 Å². The molecule has 1 aliphatic rings. The van der Waals surface area contributed by atoms with Gasteiger partial charge in [-0.3, -0.25) is 4.79 Å². The van der Waals surface area contributed by atoms with Crippen LogP contribution in [0.15, 0.2) is 10.6 Å². The Balaban J connectivity index is 2.07. The van der Waals surface area contributed by atoms with E-state index < -0.39 is 5.41 Å². The topological polar surface area (TPSA) is 78.9 Å². The van der Waals surface area contributed by atoms with Crippen LogP contribution in [0.3, 0.4) is 0 Å². The van der Waals surface area contributed by atoms with Crippen LogP contribution < -0.4 is 5.32 Å². The number of nitriles is 1. The zero-order valence-corrected chi connectivity index (χ0v) is 12.1. The Kier molecular flexibility index (Phi) is 4.43. The van der Waals surface area contributed by atoms with Gasteiger partial charge in [0.05, 0.1) is 12.3 Å². The Hall–Kier alpha value is -1.83. The van der Waals surface area contributed by atoms with Crippen molar-refractivity contribution >= 4 is 5.91 Å². The molecule has 1 fully saturated rings. The van der Waals surface area contributed by atoms with Gasteiger partial charge >= 0.3 is 0 Å². The van der Waals surface area contributed by atoms with Gasteiger partial charge in [-0.1, -0.05) is 25.7 Å². The van der Waals surface area contributed by atoms with Crippen molar-refractivity contribution < 1.29 is 9.21 Å². The number of rotatable bonds is 3. The fraction of sp³-hybridized carbons (Fsp3) is 0.667. The number of oxazole rings is 1. The van der Waals surface area contributed by atoms with E-state index >= 15 is 0 Å². The first-order valence-electron chi connectivity index (χ1n) is 7.22. The molecule has 0 aliphatic heterocycles. The molecule has 0 aromatic carbocycles. The smallest absolute Gasteiger partial charge is 0.241 e. The average molecular weight is 275 g/mol. The monoisotopic (exact) mass is 275 g/mol. The number of hydrogen-bond donors (Lipinski definition) is 1. The summed E-state index contributed by atoms with van der Waals surface area (Å²) in [6, 6.07) is 1.94. The maximum atomic E-state index is 12.5. The highest BCUT2D eigenvalue weighted by molar-refractivity contribution is 5.85. The highest BCUT2D eigenvalue weighted by atomic mass is 16.4. The predicted octanol–water partition coefficient (Wildman–Crippen LogP) is 3.02. The van der Waals surface area contributed by atoms with Crippen LogP contribution in [-0.2, 0) is 4.79 Å². The maximum Gasteiger partial charge on any atom is 0.241 e. The Morgan fingerprint density at radius 2 is 2.10 bits per heavy atom. The number of hydrogen-bond acceptors (Lipinski definition) is 4. The second-order valence-electron chi connectivity index (χ2n) is 5.61. The number of carbonyl (C=O) groups excluding carboxylic acids is 1. The Morgan fingerprint density at radius 3 is 2.60 bits per heavy atom. The first-order chi connectivity index (χ1) is 9.57. The number of carbonyl (C=O) groups is 1. The molecule has 108 valence electrons. The minimum Gasteiger partial charge on any atom is -0.444 e. The van der Waals surface area contributed by atoms with Crippen LogP contribution in [0.4, 0.5) is 0 Å². The van der Waals surface area contributed by atoms with E-state index in [0.29, 0.717) is 24.5 Å². The molecule has 1 unspecified atom stereocenters. The first kappa shape index (κ1) is 14.6. The molecule has 1 saturated carbocycles. The molecule has 1 atom stereocenters. The fourth-order valence-corrected chi connectivity index (χ4v) is 2.69. The quantitative estimate of drug-likeness (QED) is 0.860. The molecular weight excluding hydrogens is 254 g/mol. The van der Waals surface area contributed by atoms with Crippen molar-refractivity contribution in [3.05, 3.63) is 17.8 Å². The molecule has 20 heavy (non-hydrogen) atoms. The summed E-state index contributed by atoms with van der Waals surface area (Å²) in [6.07, 6.45) is 7.00. The molecular formula is C15H21N3O2. The van der Waals surface area contributed by atoms with E-state index in [9.17, 15) is 10.1 Å². The van der Waals surface area contributed by atoms with Crippen LogP contribution in [0.2, 0.25) is 0 Å². The number of amides is 1. The van der Waals surface area contributed by atoms with Gasteiger partial charge in [0.1, 0.15) is 17.2 Å². The molecule has 0 spiro atoms.